The lowest BCUT2D eigenvalue weighted by atomic mass is 10.2. The van der Waals surface area contributed by atoms with Gasteiger partial charge in [-0.1, -0.05) is 0 Å². The van der Waals surface area contributed by atoms with E-state index >= 15 is 0 Å². The summed E-state index contributed by atoms with van der Waals surface area (Å²) < 4.78 is 5.37. The highest BCUT2D eigenvalue weighted by atomic mass is 16.5. The minimum atomic E-state index is -0.409. The van der Waals surface area contributed by atoms with Crippen LogP contribution in [0.2, 0.25) is 0 Å². The summed E-state index contributed by atoms with van der Waals surface area (Å²) in [4.78, 5) is 36.5. The number of aromatic nitrogens is 1. The number of carbonyl (C=O) groups excluding carboxylic acids is 2. The molecule has 1 aromatic rings. The molecule has 1 fully saturated rings. The van der Waals surface area contributed by atoms with Gasteiger partial charge in [0, 0.05) is 25.4 Å². The summed E-state index contributed by atoms with van der Waals surface area (Å²) in [6.07, 6.45) is 3.35. The highest BCUT2D eigenvalue weighted by molar-refractivity contribution is 5.96. The lowest BCUT2D eigenvalue weighted by Crippen LogP contribution is -2.40. The Labute approximate surface area is 115 Å². The van der Waals surface area contributed by atoms with Gasteiger partial charge in [0.15, 0.2) is 0 Å². The Hall–Kier alpha value is -2.15. The van der Waals surface area contributed by atoms with Gasteiger partial charge in [0.1, 0.15) is 0 Å². The minimum absolute atomic E-state index is 0.0776. The van der Waals surface area contributed by atoms with Crippen molar-refractivity contribution in [3.63, 3.8) is 0 Å². The predicted octanol–water partition coefficient (Wildman–Crippen LogP) is -0.600. The molecule has 2 rings (SSSR count). The molecule has 1 aromatic heterocycles. The van der Waals surface area contributed by atoms with Gasteiger partial charge < -0.3 is 20.4 Å². The number of hydrogen-bond acceptors (Lipinski definition) is 4. The van der Waals surface area contributed by atoms with E-state index < -0.39 is 5.91 Å². The second-order valence-electron chi connectivity index (χ2n) is 4.56. The third kappa shape index (κ3) is 4.20. The van der Waals surface area contributed by atoms with Crippen LogP contribution >= 0.6 is 0 Å². The Balaban J connectivity index is 1.70. The number of H-pyrrole nitrogens is 1. The number of aromatic amines is 1. The molecule has 1 aliphatic heterocycles. The van der Waals surface area contributed by atoms with Crippen LogP contribution in [-0.2, 0) is 9.53 Å². The van der Waals surface area contributed by atoms with E-state index in [0.717, 1.165) is 19.4 Å². The van der Waals surface area contributed by atoms with Crippen LogP contribution in [0.3, 0.4) is 0 Å². The highest BCUT2D eigenvalue weighted by Gasteiger charge is 2.16. The third-order valence-electron chi connectivity index (χ3n) is 3.01. The molecule has 1 aliphatic rings. The summed E-state index contributed by atoms with van der Waals surface area (Å²) in [5, 5.41) is 5.18. The maximum Gasteiger partial charge on any atom is 0.253 e. The van der Waals surface area contributed by atoms with Crippen LogP contribution in [0, 0.1) is 0 Å². The largest absolute Gasteiger partial charge is 0.376 e. The van der Waals surface area contributed by atoms with E-state index in [1.54, 1.807) is 0 Å². The first-order valence-corrected chi connectivity index (χ1v) is 6.50. The monoisotopic (exact) mass is 279 g/mol. The fraction of sp³-hybridized carbons (Fsp3) is 0.462. The van der Waals surface area contributed by atoms with Crippen molar-refractivity contribution >= 4 is 11.8 Å². The molecule has 0 radical (unpaired) electrons. The topological polar surface area (TPSA) is 100 Å². The number of rotatable bonds is 5. The van der Waals surface area contributed by atoms with Gasteiger partial charge in [0.2, 0.25) is 11.5 Å². The third-order valence-corrected chi connectivity index (χ3v) is 3.01. The molecular weight excluding hydrogens is 262 g/mol. The van der Waals surface area contributed by atoms with E-state index in [4.69, 9.17) is 4.74 Å². The van der Waals surface area contributed by atoms with Crippen molar-refractivity contribution in [3.8, 4) is 0 Å². The average molecular weight is 279 g/mol. The number of pyridine rings is 1. The van der Waals surface area contributed by atoms with Crippen LogP contribution in [0.25, 0.3) is 0 Å². The van der Waals surface area contributed by atoms with E-state index in [-0.39, 0.29) is 24.1 Å². The summed E-state index contributed by atoms with van der Waals surface area (Å²) in [5.41, 5.74) is 0.0207. The van der Waals surface area contributed by atoms with Crippen molar-refractivity contribution in [1.82, 2.24) is 15.6 Å². The molecule has 20 heavy (non-hydrogen) atoms. The Kier molecular flexibility index (Phi) is 4.89. The summed E-state index contributed by atoms with van der Waals surface area (Å²) >= 11 is 0. The number of ether oxygens (including phenoxy) is 1. The second-order valence-corrected chi connectivity index (χ2v) is 4.56. The lowest BCUT2D eigenvalue weighted by molar-refractivity contribution is -0.120. The molecular formula is C13H17N3O4. The van der Waals surface area contributed by atoms with Gasteiger partial charge in [-0.2, -0.15) is 0 Å². The molecule has 3 N–H and O–H groups in total. The molecule has 1 atom stereocenters. The first-order chi connectivity index (χ1) is 9.65. The van der Waals surface area contributed by atoms with Gasteiger partial charge in [-0.05, 0) is 18.9 Å². The maximum atomic E-state index is 11.7. The van der Waals surface area contributed by atoms with Crippen LogP contribution < -0.4 is 16.2 Å². The summed E-state index contributed by atoms with van der Waals surface area (Å²) in [7, 11) is 0. The normalized spacial score (nSPS) is 17.7. The number of nitrogens with one attached hydrogen (secondary N) is 3. The molecule has 108 valence electrons. The first-order valence-electron chi connectivity index (χ1n) is 6.50. The molecule has 2 heterocycles. The van der Waals surface area contributed by atoms with Gasteiger partial charge in [-0.25, -0.2) is 0 Å². The fourth-order valence-corrected chi connectivity index (χ4v) is 1.91. The molecule has 0 spiro atoms. The van der Waals surface area contributed by atoms with E-state index in [1.165, 1.54) is 18.3 Å². The standard InChI is InChI=1S/C13H17N3O4/c17-11-4-3-9(6-14-11)13(19)16-8-12(18)15-7-10-2-1-5-20-10/h3-4,6,10H,1-2,5,7-8H2,(H,14,17)(H,15,18)(H,16,19)/t10-/m0/s1. The Morgan fingerprint density at radius 1 is 1.35 bits per heavy atom. The van der Waals surface area contributed by atoms with Crippen molar-refractivity contribution in [1.29, 1.82) is 0 Å². The zero-order valence-corrected chi connectivity index (χ0v) is 11.0. The van der Waals surface area contributed by atoms with Crippen molar-refractivity contribution in [2.45, 2.75) is 18.9 Å². The van der Waals surface area contributed by atoms with Crippen molar-refractivity contribution in [3.05, 3.63) is 34.2 Å². The maximum absolute atomic E-state index is 11.7. The van der Waals surface area contributed by atoms with Crippen molar-refractivity contribution in [2.75, 3.05) is 19.7 Å². The highest BCUT2D eigenvalue weighted by Crippen LogP contribution is 2.10. The van der Waals surface area contributed by atoms with Crippen LogP contribution in [0.5, 0.6) is 0 Å². The van der Waals surface area contributed by atoms with Gasteiger partial charge in [0.25, 0.3) is 5.91 Å². The van der Waals surface area contributed by atoms with E-state index in [1.807, 2.05) is 0 Å². The molecule has 1 saturated heterocycles. The molecule has 0 aromatic carbocycles. The average Bonchev–Trinajstić information content (AvgIpc) is 2.96. The molecule has 7 heteroatoms. The SMILES string of the molecule is O=C(CNC(=O)c1ccc(=O)[nH]c1)NC[C@@H]1CCCO1. The second kappa shape index (κ2) is 6.85. The van der Waals surface area contributed by atoms with E-state index in [2.05, 4.69) is 15.6 Å². The van der Waals surface area contributed by atoms with Crippen molar-refractivity contribution in [2.24, 2.45) is 0 Å². The molecule has 0 aliphatic carbocycles. The summed E-state index contributed by atoms with van der Waals surface area (Å²) in [6, 6.07) is 2.66. The van der Waals surface area contributed by atoms with Crippen LogP contribution in [0.1, 0.15) is 23.2 Å². The molecule has 2 amide bonds. The quantitative estimate of drug-likeness (QED) is 0.670. The summed E-state index contributed by atoms with van der Waals surface area (Å²) in [6.45, 7) is 1.10. The zero-order valence-electron chi connectivity index (χ0n) is 11.0. The van der Waals surface area contributed by atoms with Crippen LogP contribution in [-0.4, -0.2) is 42.6 Å². The van der Waals surface area contributed by atoms with Crippen LogP contribution in [0.4, 0.5) is 0 Å². The Morgan fingerprint density at radius 2 is 2.20 bits per heavy atom. The minimum Gasteiger partial charge on any atom is -0.376 e. The van der Waals surface area contributed by atoms with Gasteiger partial charge in [-0.3, -0.25) is 14.4 Å². The lowest BCUT2D eigenvalue weighted by Gasteiger charge is -2.11. The van der Waals surface area contributed by atoms with Gasteiger partial charge in [-0.15, -0.1) is 0 Å². The van der Waals surface area contributed by atoms with Gasteiger partial charge in [0.05, 0.1) is 18.2 Å². The fourth-order valence-electron chi connectivity index (χ4n) is 1.91. The molecule has 0 unspecified atom stereocenters. The van der Waals surface area contributed by atoms with Crippen LogP contribution in [0.15, 0.2) is 23.1 Å². The zero-order chi connectivity index (χ0) is 14.4. The van der Waals surface area contributed by atoms with Gasteiger partial charge >= 0.3 is 0 Å². The predicted molar refractivity (Wildman–Crippen MR) is 71.4 cm³/mol. The molecule has 0 saturated carbocycles. The van der Waals surface area contributed by atoms with E-state index in [0.29, 0.717) is 12.1 Å². The molecule has 7 nitrogen and oxygen atoms in total. The Morgan fingerprint density at radius 3 is 2.85 bits per heavy atom. The van der Waals surface area contributed by atoms with E-state index in [9.17, 15) is 14.4 Å². The molecule has 0 bridgehead atoms. The number of carbonyl (C=O) groups is 2. The summed E-state index contributed by atoms with van der Waals surface area (Å²) in [5.74, 6) is -0.674. The van der Waals surface area contributed by atoms with Crippen molar-refractivity contribution < 1.29 is 14.3 Å². The number of amides is 2. The smallest absolute Gasteiger partial charge is 0.253 e. The number of hydrogen-bond donors (Lipinski definition) is 3. The Bertz CT molecular complexity index is 514. The first kappa shape index (κ1) is 14.3.